The van der Waals surface area contributed by atoms with E-state index in [1.165, 1.54) is 0 Å². The lowest BCUT2D eigenvalue weighted by molar-refractivity contribution is 0.400. The van der Waals surface area contributed by atoms with Crippen molar-refractivity contribution in [1.29, 1.82) is 0 Å². The number of nitrogens with one attached hydrogen (secondary N) is 2. The molecule has 20 heavy (non-hydrogen) atoms. The van der Waals surface area contributed by atoms with Gasteiger partial charge in [-0.05, 0) is 58.7 Å². The van der Waals surface area contributed by atoms with Gasteiger partial charge in [0.25, 0.3) is 0 Å². The van der Waals surface area contributed by atoms with E-state index in [2.05, 4.69) is 10.0 Å². The van der Waals surface area contributed by atoms with Crippen molar-refractivity contribution in [3.05, 3.63) is 29.8 Å². The molecule has 0 spiro atoms. The van der Waals surface area contributed by atoms with Crippen LogP contribution in [0.15, 0.2) is 29.2 Å². The van der Waals surface area contributed by atoms with E-state index in [9.17, 15) is 8.42 Å². The maximum Gasteiger partial charge on any atom is 0.240 e. The van der Waals surface area contributed by atoms with Crippen LogP contribution in [-0.4, -0.2) is 47.6 Å². The van der Waals surface area contributed by atoms with E-state index in [1.54, 1.807) is 12.1 Å². The maximum absolute atomic E-state index is 12.1. The molecule has 1 atom stereocenters. The average molecular weight is 299 g/mol. The van der Waals surface area contributed by atoms with Crippen molar-refractivity contribution in [1.82, 2.24) is 14.9 Å². The van der Waals surface area contributed by atoms with Crippen LogP contribution in [0.3, 0.4) is 0 Å². The van der Waals surface area contributed by atoms with Gasteiger partial charge in [-0.1, -0.05) is 12.1 Å². The molecule has 0 amide bonds. The summed E-state index contributed by atoms with van der Waals surface area (Å²) in [7, 11) is 2.42. The Hall–Kier alpha value is -0.950. The fraction of sp³-hybridized carbons (Fsp3) is 0.571. The van der Waals surface area contributed by atoms with Crippen molar-refractivity contribution in [2.45, 2.75) is 24.3 Å². The molecule has 0 heterocycles. The molecule has 0 radical (unpaired) electrons. The third kappa shape index (κ3) is 5.20. The lowest BCUT2D eigenvalue weighted by atomic mass is 10.1. The van der Waals surface area contributed by atoms with Gasteiger partial charge in [0.2, 0.25) is 10.0 Å². The van der Waals surface area contributed by atoms with Crippen molar-refractivity contribution in [2.75, 3.05) is 34.2 Å². The largest absolute Gasteiger partial charge is 0.313 e. The standard InChI is InChI=1S/C14H25N3O2S/c1-12(15-2)13-6-8-14(9-7-13)20(18,19)16-10-5-11-17(3)4/h6-9,12,15-16H,5,10-11H2,1-4H3. The monoisotopic (exact) mass is 299 g/mol. The van der Waals surface area contributed by atoms with Crippen molar-refractivity contribution in [3.8, 4) is 0 Å². The van der Waals surface area contributed by atoms with Gasteiger partial charge < -0.3 is 10.2 Å². The molecule has 0 fully saturated rings. The molecule has 0 aliphatic carbocycles. The Morgan fingerprint density at radius 1 is 1.20 bits per heavy atom. The molecular formula is C14H25N3O2S. The molecule has 0 aromatic heterocycles. The lowest BCUT2D eigenvalue weighted by Gasteiger charge is -2.12. The van der Waals surface area contributed by atoms with Gasteiger partial charge in [0.15, 0.2) is 0 Å². The van der Waals surface area contributed by atoms with Crippen LogP contribution in [0.5, 0.6) is 0 Å². The lowest BCUT2D eigenvalue weighted by Crippen LogP contribution is -2.27. The highest BCUT2D eigenvalue weighted by molar-refractivity contribution is 7.89. The number of hydrogen-bond acceptors (Lipinski definition) is 4. The SMILES string of the molecule is CNC(C)c1ccc(S(=O)(=O)NCCCN(C)C)cc1. The minimum atomic E-state index is -3.40. The van der Waals surface area contributed by atoms with Crippen LogP contribution in [0.25, 0.3) is 0 Å². The summed E-state index contributed by atoms with van der Waals surface area (Å²) in [4.78, 5) is 2.34. The number of sulfonamides is 1. The highest BCUT2D eigenvalue weighted by atomic mass is 32.2. The predicted molar refractivity (Wildman–Crippen MR) is 82.3 cm³/mol. The highest BCUT2D eigenvalue weighted by Gasteiger charge is 2.13. The summed E-state index contributed by atoms with van der Waals surface area (Å²) < 4.78 is 26.8. The average Bonchev–Trinajstić information content (AvgIpc) is 2.43. The van der Waals surface area contributed by atoms with Gasteiger partial charge in [0.1, 0.15) is 0 Å². The summed E-state index contributed by atoms with van der Waals surface area (Å²) >= 11 is 0. The van der Waals surface area contributed by atoms with E-state index in [4.69, 9.17) is 0 Å². The summed E-state index contributed by atoms with van der Waals surface area (Å²) in [5.74, 6) is 0. The van der Waals surface area contributed by atoms with Gasteiger partial charge >= 0.3 is 0 Å². The Morgan fingerprint density at radius 3 is 2.30 bits per heavy atom. The molecule has 6 heteroatoms. The summed E-state index contributed by atoms with van der Waals surface area (Å²) in [5, 5.41) is 3.12. The predicted octanol–water partition coefficient (Wildman–Crippen LogP) is 1.20. The maximum atomic E-state index is 12.1. The molecule has 0 saturated carbocycles. The normalized spacial score (nSPS) is 13.7. The van der Waals surface area contributed by atoms with Gasteiger partial charge in [-0.3, -0.25) is 0 Å². The Bertz CT molecular complexity index is 498. The molecule has 1 aromatic carbocycles. The van der Waals surface area contributed by atoms with E-state index in [1.807, 2.05) is 45.1 Å². The van der Waals surface area contributed by atoms with Crippen LogP contribution in [-0.2, 0) is 10.0 Å². The molecule has 0 bridgehead atoms. The Morgan fingerprint density at radius 2 is 1.80 bits per heavy atom. The van der Waals surface area contributed by atoms with Crippen molar-refractivity contribution in [2.24, 2.45) is 0 Å². The van der Waals surface area contributed by atoms with Gasteiger partial charge in [0, 0.05) is 12.6 Å². The Balaban J connectivity index is 2.63. The van der Waals surface area contributed by atoms with Gasteiger partial charge in [-0.15, -0.1) is 0 Å². The summed E-state index contributed by atoms with van der Waals surface area (Å²) in [5.41, 5.74) is 1.07. The summed E-state index contributed by atoms with van der Waals surface area (Å²) in [6, 6.07) is 7.19. The molecule has 114 valence electrons. The van der Waals surface area contributed by atoms with Crippen LogP contribution >= 0.6 is 0 Å². The number of rotatable bonds is 8. The summed E-state index contributed by atoms with van der Waals surface area (Å²) in [6.45, 7) is 3.35. The quantitative estimate of drug-likeness (QED) is 0.708. The van der Waals surface area contributed by atoms with Crippen LogP contribution in [0.2, 0.25) is 0 Å². The zero-order valence-electron chi connectivity index (χ0n) is 12.7. The van der Waals surface area contributed by atoms with Crippen LogP contribution in [0, 0.1) is 0 Å². The van der Waals surface area contributed by atoms with Crippen LogP contribution < -0.4 is 10.0 Å². The first-order chi connectivity index (χ1) is 9.36. The molecular weight excluding hydrogens is 274 g/mol. The van der Waals surface area contributed by atoms with Gasteiger partial charge in [-0.25, -0.2) is 13.1 Å². The number of nitrogens with zero attached hydrogens (tertiary/aromatic N) is 1. The summed E-state index contributed by atoms with van der Waals surface area (Å²) in [6.07, 6.45) is 0.793. The van der Waals surface area contributed by atoms with Crippen molar-refractivity contribution in [3.63, 3.8) is 0 Å². The van der Waals surface area contributed by atoms with E-state index in [0.29, 0.717) is 11.4 Å². The Labute approximate surface area is 122 Å². The van der Waals surface area contributed by atoms with Crippen LogP contribution in [0.4, 0.5) is 0 Å². The molecule has 1 unspecified atom stereocenters. The first-order valence-corrected chi connectivity index (χ1v) is 8.27. The molecule has 0 aliphatic heterocycles. The molecule has 1 aromatic rings. The van der Waals surface area contributed by atoms with Crippen LogP contribution in [0.1, 0.15) is 24.9 Å². The fourth-order valence-corrected chi connectivity index (χ4v) is 2.86. The third-order valence-electron chi connectivity index (χ3n) is 3.20. The van der Waals surface area contributed by atoms with E-state index >= 15 is 0 Å². The molecule has 1 rings (SSSR count). The minimum Gasteiger partial charge on any atom is -0.313 e. The number of benzene rings is 1. The molecule has 2 N–H and O–H groups in total. The molecule has 0 saturated heterocycles. The van der Waals surface area contributed by atoms with E-state index in [0.717, 1.165) is 18.5 Å². The Kier molecular flexibility index (Phi) is 6.61. The topological polar surface area (TPSA) is 61.4 Å². The minimum absolute atomic E-state index is 0.208. The number of hydrogen-bond donors (Lipinski definition) is 2. The molecule has 5 nitrogen and oxygen atoms in total. The zero-order valence-corrected chi connectivity index (χ0v) is 13.5. The second-order valence-corrected chi connectivity index (χ2v) is 6.90. The smallest absolute Gasteiger partial charge is 0.240 e. The highest BCUT2D eigenvalue weighted by Crippen LogP contribution is 2.15. The van der Waals surface area contributed by atoms with Gasteiger partial charge in [0.05, 0.1) is 4.90 Å². The first kappa shape index (κ1) is 17.1. The zero-order chi connectivity index (χ0) is 15.2. The third-order valence-corrected chi connectivity index (χ3v) is 4.67. The first-order valence-electron chi connectivity index (χ1n) is 6.78. The second-order valence-electron chi connectivity index (χ2n) is 5.13. The van der Waals surface area contributed by atoms with Crippen molar-refractivity contribution < 1.29 is 8.42 Å². The van der Waals surface area contributed by atoms with Crippen molar-refractivity contribution >= 4 is 10.0 Å². The van der Waals surface area contributed by atoms with E-state index in [-0.39, 0.29) is 6.04 Å². The van der Waals surface area contributed by atoms with E-state index < -0.39 is 10.0 Å². The fourth-order valence-electron chi connectivity index (χ4n) is 1.79. The van der Waals surface area contributed by atoms with Gasteiger partial charge in [-0.2, -0.15) is 0 Å². The molecule has 0 aliphatic rings. The second kappa shape index (κ2) is 7.73.